The molecule has 0 unspecified atom stereocenters. The Balaban J connectivity index is 1.56. The summed E-state index contributed by atoms with van der Waals surface area (Å²) in [6.07, 6.45) is 0.335. The molecule has 1 amide bonds. The number of piperazine rings is 1. The molecule has 0 saturated carbocycles. The van der Waals surface area contributed by atoms with Gasteiger partial charge < -0.3 is 15.4 Å². The van der Waals surface area contributed by atoms with Crippen LogP contribution in [0.1, 0.15) is 37.5 Å². The first-order valence-corrected chi connectivity index (χ1v) is 13.0. The Bertz CT molecular complexity index is 1310. The molecule has 0 aliphatic carbocycles. The van der Waals surface area contributed by atoms with Crippen LogP contribution < -0.4 is 11.3 Å². The standard InChI is InChI=1S/C29H36FN5O3/c1-29(2,3)38-28(37)34-15-13-33(14-16-34)20-24-18-26(22-9-10-25(30)23(17-22)19-31)32-35(27(24)36)12-11-21-7-5-4-6-8-21/h4-10,17-18H,11-16,19-20,31H2,1-3H3. The quantitative estimate of drug-likeness (QED) is 0.508. The second kappa shape index (κ2) is 11.9. The minimum Gasteiger partial charge on any atom is -0.444 e. The number of hydrogen-bond acceptors (Lipinski definition) is 6. The number of carbonyl (C=O) groups is 1. The Hall–Kier alpha value is -3.56. The van der Waals surface area contributed by atoms with E-state index >= 15 is 0 Å². The van der Waals surface area contributed by atoms with E-state index in [4.69, 9.17) is 10.5 Å². The highest BCUT2D eigenvalue weighted by Crippen LogP contribution is 2.21. The molecule has 9 heteroatoms. The van der Waals surface area contributed by atoms with Crippen molar-refractivity contribution in [2.75, 3.05) is 26.2 Å². The molecule has 2 N–H and O–H groups in total. The lowest BCUT2D eigenvalue weighted by Gasteiger charge is -2.35. The minimum absolute atomic E-state index is 0.0715. The highest BCUT2D eigenvalue weighted by Gasteiger charge is 2.26. The fourth-order valence-electron chi connectivity index (χ4n) is 4.43. The van der Waals surface area contributed by atoms with Crippen molar-refractivity contribution in [2.24, 2.45) is 5.73 Å². The summed E-state index contributed by atoms with van der Waals surface area (Å²) >= 11 is 0. The molecule has 1 aromatic heterocycles. The molecular formula is C29H36FN5O3. The first-order chi connectivity index (χ1) is 18.1. The average Bonchev–Trinajstić information content (AvgIpc) is 2.89. The SMILES string of the molecule is CC(C)(C)OC(=O)N1CCN(Cc2cc(-c3ccc(F)c(CN)c3)nn(CCc3ccccc3)c2=O)CC1. The van der Waals surface area contributed by atoms with Gasteiger partial charge in [-0.2, -0.15) is 5.10 Å². The third-order valence-corrected chi connectivity index (χ3v) is 6.48. The lowest BCUT2D eigenvalue weighted by atomic mass is 10.1. The number of amides is 1. The summed E-state index contributed by atoms with van der Waals surface area (Å²) in [6, 6.07) is 16.5. The molecule has 8 nitrogen and oxygen atoms in total. The molecule has 2 aromatic carbocycles. The monoisotopic (exact) mass is 521 g/mol. The van der Waals surface area contributed by atoms with Crippen LogP contribution in [0.3, 0.4) is 0 Å². The zero-order chi connectivity index (χ0) is 27.3. The summed E-state index contributed by atoms with van der Waals surface area (Å²) in [5, 5.41) is 4.64. The van der Waals surface area contributed by atoms with Gasteiger partial charge in [-0.05, 0) is 57.0 Å². The summed E-state index contributed by atoms with van der Waals surface area (Å²) in [6.45, 7) is 8.74. The molecule has 1 saturated heterocycles. The van der Waals surface area contributed by atoms with Gasteiger partial charge in [0, 0.05) is 62.5 Å². The average molecular weight is 522 g/mol. The number of nitrogens with two attached hydrogens (primary N) is 1. The van der Waals surface area contributed by atoms with E-state index in [1.165, 1.54) is 10.7 Å². The molecule has 0 atom stereocenters. The predicted octanol–water partition coefficient (Wildman–Crippen LogP) is 3.80. The zero-order valence-electron chi connectivity index (χ0n) is 22.3. The Morgan fingerprint density at radius 2 is 1.74 bits per heavy atom. The van der Waals surface area contributed by atoms with Crippen molar-refractivity contribution >= 4 is 6.09 Å². The maximum atomic E-state index is 14.1. The van der Waals surface area contributed by atoms with Gasteiger partial charge >= 0.3 is 6.09 Å². The number of halogens is 1. The fourth-order valence-corrected chi connectivity index (χ4v) is 4.43. The van der Waals surface area contributed by atoms with Crippen molar-refractivity contribution in [2.45, 2.75) is 52.4 Å². The van der Waals surface area contributed by atoms with Crippen molar-refractivity contribution in [3.63, 3.8) is 0 Å². The highest BCUT2D eigenvalue weighted by molar-refractivity contribution is 5.68. The highest BCUT2D eigenvalue weighted by atomic mass is 19.1. The van der Waals surface area contributed by atoms with E-state index in [0.717, 1.165) is 5.56 Å². The largest absolute Gasteiger partial charge is 0.444 e. The van der Waals surface area contributed by atoms with Crippen LogP contribution in [-0.4, -0.2) is 57.5 Å². The van der Waals surface area contributed by atoms with E-state index in [2.05, 4.69) is 10.00 Å². The first-order valence-electron chi connectivity index (χ1n) is 13.0. The maximum Gasteiger partial charge on any atom is 0.410 e. The molecule has 1 fully saturated rings. The van der Waals surface area contributed by atoms with E-state index in [1.54, 1.807) is 23.1 Å². The topological polar surface area (TPSA) is 93.7 Å². The van der Waals surface area contributed by atoms with Crippen LogP contribution in [0.4, 0.5) is 9.18 Å². The van der Waals surface area contributed by atoms with Gasteiger partial charge in [0.1, 0.15) is 11.4 Å². The summed E-state index contributed by atoms with van der Waals surface area (Å²) < 4.78 is 21.1. The van der Waals surface area contributed by atoms with Crippen LogP contribution in [0.15, 0.2) is 59.4 Å². The summed E-state index contributed by atoms with van der Waals surface area (Å²) in [4.78, 5) is 29.7. The summed E-state index contributed by atoms with van der Waals surface area (Å²) in [5.41, 5.74) is 8.43. The van der Waals surface area contributed by atoms with E-state index in [-0.39, 0.29) is 24.0 Å². The van der Waals surface area contributed by atoms with E-state index in [0.29, 0.717) is 68.1 Å². The third-order valence-electron chi connectivity index (χ3n) is 6.48. The Morgan fingerprint density at radius 3 is 2.39 bits per heavy atom. The third kappa shape index (κ3) is 7.05. The smallest absolute Gasteiger partial charge is 0.410 e. The molecule has 0 spiro atoms. The van der Waals surface area contributed by atoms with Crippen LogP contribution in [0, 0.1) is 5.82 Å². The lowest BCUT2D eigenvalue weighted by molar-refractivity contribution is 0.0138. The molecule has 4 rings (SSSR count). The molecule has 3 aromatic rings. The number of carbonyl (C=O) groups excluding carboxylic acids is 1. The van der Waals surface area contributed by atoms with Crippen molar-refractivity contribution in [1.82, 2.24) is 19.6 Å². The van der Waals surface area contributed by atoms with Crippen molar-refractivity contribution < 1.29 is 13.9 Å². The lowest BCUT2D eigenvalue weighted by Crippen LogP contribution is -2.50. The first kappa shape index (κ1) is 27.5. The van der Waals surface area contributed by atoms with Gasteiger partial charge in [-0.3, -0.25) is 9.69 Å². The van der Waals surface area contributed by atoms with Crippen molar-refractivity contribution in [3.8, 4) is 11.3 Å². The van der Waals surface area contributed by atoms with Crippen LogP contribution in [0.25, 0.3) is 11.3 Å². The normalized spacial score (nSPS) is 14.5. The van der Waals surface area contributed by atoms with Crippen LogP contribution in [0.2, 0.25) is 0 Å². The maximum absolute atomic E-state index is 14.1. The van der Waals surface area contributed by atoms with Crippen LogP contribution >= 0.6 is 0 Å². The van der Waals surface area contributed by atoms with Gasteiger partial charge in [-0.1, -0.05) is 30.3 Å². The molecule has 2 heterocycles. The number of hydrogen-bond donors (Lipinski definition) is 1. The van der Waals surface area contributed by atoms with E-state index in [9.17, 15) is 14.0 Å². The number of rotatable bonds is 7. The van der Waals surface area contributed by atoms with Crippen molar-refractivity contribution in [1.29, 1.82) is 0 Å². The van der Waals surface area contributed by atoms with E-state index in [1.807, 2.05) is 51.1 Å². The number of aryl methyl sites for hydroxylation is 2. The Morgan fingerprint density at radius 1 is 1.03 bits per heavy atom. The van der Waals surface area contributed by atoms with Gasteiger partial charge in [0.05, 0.1) is 5.69 Å². The van der Waals surface area contributed by atoms with Crippen molar-refractivity contribution in [3.05, 3.63) is 87.5 Å². The fraction of sp³-hybridized carbons (Fsp3) is 0.414. The molecule has 38 heavy (non-hydrogen) atoms. The zero-order valence-corrected chi connectivity index (χ0v) is 22.3. The molecule has 202 valence electrons. The van der Waals surface area contributed by atoms with Gasteiger partial charge in [0.15, 0.2) is 0 Å². The Labute approximate surface area is 222 Å². The van der Waals surface area contributed by atoms with Gasteiger partial charge in [0.25, 0.3) is 5.56 Å². The van der Waals surface area contributed by atoms with Gasteiger partial charge in [-0.15, -0.1) is 0 Å². The number of aromatic nitrogens is 2. The number of ether oxygens (including phenoxy) is 1. The van der Waals surface area contributed by atoms with Crippen LogP contribution in [0.5, 0.6) is 0 Å². The minimum atomic E-state index is -0.545. The number of nitrogens with zero attached hydrogens (tertiary/aromatic N) is 4. The molecule has 1 aliphatic rings. The Kier molecular flexibility index (Phi) is 8.58. The molecular weight excluding hydrogens is 485 g/mol. The summed E-state index contributed by atoms with van der Waals surface area (Å²) in [5.74, 6) is -0.364. The molecule has 0 bridgehead atoms. The number of benzene rings is 2. The van der Waals surface area contributed by atoms with Crippen LogP contribution in [-0.2, 0) is 30.8 Å². The predicted molar refractivity (Wildman–Crippen MR) is 145 cm³/mol. The molecule has 0 radical (unpaired) electrons. The van der Waals surface area contributed by atoms with E-state index < -0.39 is 5.60 Å². The summed E-state index contributed by atoms with van der Waals surface area (Å²) in [7, 11) is 0. The van der Waals surface area contributed by atoms with Gasteiger partial charge in [-0.25, -0.2) is 13.9 Å². The molecule has 1 aliphatic heterocycles. The second-order valence-corrected chi connectivity index (χ2v) is 10.6. The second-order valence-electron chi connectivity index (χ2n) is 10.6. The van der Waals surface area contributed by atoms with Gasteiger partial charge in [0.2, 0.25) is 0 Å².